The summed E-state index contributed by atoms with van der Waals surface area (Å²) in [4.78, 5) is 4.49. The van der Waals surface area contributed by atoms with Crippen LogP contribution in [0.3, 0.4) is 0 Å². The smallest absolute Gasteiger partial charge is 0.241 e. The highest BCUT2D eigenvalue weighted by atomic mass is 35.5. The van der Waals surface area contributed by atoms with E-state index in [2.05, 4.69) is 9.71 Å². The van der Waals surface area contributed by atoms with E-state index in [9.17, 15) is 8.42 Å². The van der Waals surface area contributed by atoms with Crippen molar-refractivity contribution < 1.29 is 8.42 Å². The summed E-state index contributed by atoms with van der Waals surface area (Å²) in [6.45, 7) is 7.19. The zero-order valence-electron chi connectivity index (χ0n) is 12.5. The number of nitrogens with zero attached hydrogens (tertiary/aromatic N) is 1. The summed E-state index contributed by atoms with van der Waals surface area (Å²) in [7, 11) is -3.68. The van der Waals surface area contributed by atoms with E-state index in [0.717, 1.165) is 5.56 Å². The largest absolute Gasteiger partial charge is 0.256 e. The average Bonchev–Trinajstić information content (AvgIpc) is 2.37. The Hall–Kier alpha value is -1.17. The van der Waals surface area contributed by atoms with Crippen LogP contribution in [0.4, 0.5) is 0 Å². The van der Waals surface area contributed by atoms with Crippen LogP contribution in [0.2, 0.25) is 0 Å². The summed E-state index contributed by atoms with van der Waals surface area (Å²) in [6, 6.07) is 6.87. The van der Waals surface area contributed by atoms with Crippen molar-refractivity contribution in [3.05, 3.63) is 36.0 Å². The van der Waals surface area contributed by atoms with E-state index in [1.807, 2.05) is 6.92 Å². The van der Waals surface area contributed by atoms with Crippen LogP contribution in [0.1, 0.15) is 26.3 Å². The second-order valence-electron chi connectivity index (χ2n) is 5.72. The van der Waals surface area contributed by atoms with E-state index in [-0.39, 0.29) is 10.3 Å². The molecule has 0 aliphatic rings. The number of fused-ring (bicyclic) bond motifs is 1. The maximum Gasteiger partial charge on any atom is 0.241 e. The van der Waals surface area contributed by atoms with Crippen LogP contribution >= 0.6 is 11.6 Å². The number of nitrogens with one attached hydrogen (secondary N) is 1. The number of sulfonamides is 1. The number of rotatable bonds is 4. The molecule has 1 aromatic carbocycles. The standard InChI is InChI=1S/C15H19ClN2O2S/c1-10-7-8-13(12-6-5-9-17-14(10)12)21(19,20)18-15(3,4)11(2)16/h5-9,11,18H,1-4H3. The molecule has 0 spiro atoms. The maximum atomic E-state index is 12.7. The lowest BCUT2D eigenvalue weighted by Crippen LogP contribution is -2.48. The highest BCUT2D eigenvalue weighted by molar-refractivity contribution is 7.89. The number of hydrogen-bond donors (Lipinski definition) is 1. The van der Waals surface area contributed by atoms with Gasteiger partial charge in [-0.3, -0.25) is 4.98 Å². The zero-order valence-corrected chi connectivity index (χ0v) is 14.1. The molecule has 1 heterocycles. The topological polar surface area (TPSA) is 59.1 Å². The maximum absolute atomic E-state index is 12.7. The summed E-state index contributed by atoms with van der Waals surface area (Å²) in [6.07, 6.45) is 1.66. The third-order valence-electron chi connectivity index (χ3n) is 3.61. The fraction of sp³-hybridized carbons (Fsp3) is 0.400. The third-order valence-corrected chi connectivity index (χ3v) is 5.89. The van der Waals surface area contributed by atoms with Crippen molar-refractivity contribution in [2.45, 2.75) is 43.5 Å². The quantitative estimate of drug-likeness (QED) is 0.877. The number of aryl methyl sites for hydroxylation is 1. The molecule has 0 amide bonds. The van der Waals surface area contributed by atoms with E-state index in [1.165, 1.54) is 0 Å². The summed E-state index contributed by atoms with van der Waals surface area (Å²) in [5, 5.41) is 0.269. The molecule has 2 rings (SSSR count). The highest BCUT2D eigenvalue weighted by Gasteiger charge is 2.31. The number of alkyl halides is 1. The van der Waals surface area contributed by atoms with Gasteiger partial charge in [0.2, 0.25) is 10.0 Å². The SMILES string of the molecule is Cc1ccc(S(=O)(=O)NC(C)(C)C(C)Cl)c2cccnc12. The van der Waals surface area contributed by atoms with Crippen LogP contribution < -0.4 is 4.72 Å². The van der Waals surface area contributed by atoms with E-state index >= 15 is 0 Å². The number of benzene rings is 1. The molecule has 2 aromatic rings. The minimum absolute atomic E-state index is 0.224. The van der Waals surface area contributed by atoms with Crippen LogP contribution in [0, 0.1) is 6.92 Å². The minimum Gasteiger partial charge on any atom is -0.256 e. The van der Waals surface area contributed by atoms with E-state index in [1.54, 1.807) is 51.2 Å². The van der Waals surface area contributed by atoms with Crippen LogP contribution in [-0.4, -0.2) is 24.3 Å². The normalized spacial score (nSPS) is 14.3. The Bertz CT molecular complexity index is 770. The number of hydrogen-bond acceptors (Lipinski definition) is 3. The van der Waals surface area contributed by atoms with E-state index in [4.69, 9.17) is 11.6 Å². The predicted octanol–water partition coefficient (Wildman–Crippen LogP) is 3.23. The predicted molar refractivity (Wildman–Crippen MR) is 86.2 cm³/mol. The van der Waals surface area contributed by atoms with Crippen molar-refractivity contribution in [3.63, 3.8) is 0 Å². The van der Waals surface area contributed by atoms with Gasteiger partial charge in [0.05, 0.1) is 10.4 Å². The molecule has 21 heavy (non-hydrogen) atoms. The Morgan fingerprint density at radius 2 is 1.95 bits per heavy atom. The third kappa shape index (κ3) is 3.20. The molecule has 114 valence electrons. The van der Waals surface area contributed by atoms with Crippen molar-refractivity contribution in [2.24, 2.45) is 0 Å². The van der Waals surface area contributed by atoms with Gasteiger partial charge in [0.15, 0.2) is 0 Å². The Morgan fingerprint density at radius 1 is 1.29 bits per heavy atom. The molecule has 0 radical (unpaired) electrons. The zero-order chi connectivity index (χ0) is 15.8. The van der Waals surface area contributed by atoms with Crippen molar-refractivity contribution in [1.82, 2.24) is 9.71 Å². The summed E-state index contributed by atoms with van der Waals surface area (Å²) < 4.78 is 28.0. The van der Waals surface area contributed by atoms with Crippen molar-refractivity contribution in [3.8, 4) is 0 Å². The van der Waals surface area contributed by atoms with Gasteiger partial charge in [0, 0.05) is 22.5 Å². The first-order chi connectivity index (χ1) is 9.65. The molecule has 1 unspecified atom stereocenters. The lowest BCUT2D eigenvalue weighted by atomic mass is 10.0. The van der Waals surface area contributed by atoms with Crippen LogP contribution in [0.5, 0.6) is 0 Å². The Labute approximate surface area is 130 Å². The molecule has 0 aliphatic heterocycles. The average molecular weight is 327 g/mol. The lowest BCUT2D eigenvalue weighted by Gasteiger charge is -2.28. The van der Waals surface area contributed by atoms with E-state index < -0.39 is 15.6 Å². The van der Waals surface area contributed by atoms with Crippen molar-refractivity contribution in [2.75, 3.05) is 0 Å². The van der Waals surface area contributed by atoms with Gasteiger partial charge >= 0.3 is 0 Å². The van der Waals surface area contributed by atoms with Gasteiger partial charge in [-0.1, -0.05) is 6.07 Å². The van der Waals surface area contributed by atoms with Crippen molar-refractivity contribution >= 4 is 32.5 Å². The van der Waals surface area contributed by atoms with Gasteiger partial charge in [-0.25, -0.2) is 13.1 Å². The van der Waals surface area contributed by atoms with Gasteiger partial charge in [0.25, 0.3) is 0 Å². The number of aromatic nitrogens is 1. The Balaban J connectivity index is 2.59. The second kappa shape index (κ2) is 5.55. The van der Waals surface area contributed by atoms with Gasteiger partial charge in [-0.15, -0.1) is 11.6 Å². The molecular weight excluding hydrogens is 308 g/mol. The summed E-state index contributed by atoms with van der Waals surface area (Å²) in [5.41, 5.74) is 0.881. The monoisotopic (exact) mass is 326 g/mol. The second-order valence-corrected chi connectivity index (χ2v) is 8.03. The van der Waals surface area contributed by atoms with Gasteiger partial charge < -0.3 is 0 Å². The molecule has 0 aliphatic carbocycles. The number of pyridine rings is 1. The van der Waals surface area contributed by atoms with E-state index in [0.29, 0.717) is 10.9 Å². The van der Waals surface area contributed by atoms with Crippen LogP contribution in [0.15, 0.2) is 35.4 Å². The first kappa shape index (κ1) is 16.2. The first-order valence-corrected chi connectivity index (χ1v) is 8.59. The first-order valence-electron chi connectivity index (χ1n) is 6.67. The molecular formula is C15H19ClN2O2S. The molecule has 0 saturated heterocycles. The van der Waals surface area contributed by atoms with Crippen LogP contribution in [-0.2, 0) is 10.0 Å². The Kier molecular flexibility index (Phi) is 4.29. The van der Waals surface area contributed by atoms with Crippen molar-refractivity contribution in [1.29, 1.82) is 0 Å². The van der Waals surface area contributed by atoms with Crippen LogP contribution in [0.25, 0.3) is 10.9 Å². The van der Waals surface area contributed by atoms with Gasteiger partial charge in [-0.2, -0.15) is 0 Å². The molecule has 1 aromatic heterocycles. The molecule has 4 nitrogen and oxygen atoms in total. The highest BCUT2D eigenvalue weighted by Crippen LogP contribution is 2.26. The molecule has 0 saturated carbocycles. The molecule has 1 N–H and O–H groups in total. The lowest BCUT2D eigenvalue weighted by molar-refractivity contribution is 0.445. The summed E-state index contributed by atoms with van der Waals surface area (Å²) in [5.74, 6) is 0. The van der Waals surface area contributed by atoms with Gasteiger partial charge in [-0.05, 0) is 51.5 Å². The fourth-order valence-electron chi connectivity index (χ4n) is 2.00. The molecule has 6 heteroatoms. The molecule has 0 fully saturated rings. The summed E-state index contributed by atoms with van der Waals surface area (Å²) >= 11 is 6.07. The molecule has 0 bridgehead atoms. The Morgan fingerprint density at radius 3 is 2.57 bits per heavy atom. The number of halogens is 1. The molecule has 1 atom stereocenters. The van der Waals surface area contributed by atoms with Gasteiger partial charge in [0.1, 0.15) is 0 Å². The minimum atomic E-state index is -3.68. The fourth-order valence-corrected chi connectivity index (χ4v) is 3.80.